The first-order chi connectivity index (χ1) is 24.8. The van der Waals surface area contributed by atoms with Crippen molar-refractivity contribution >= 4 is 18.1 Å². The lowest BCUT2D eigenvalue weighted by Gasteiger charge is -2.68. The van der Waals surface area contributed by atoms with Gasteiger partial charge in [-0.2, -0.15) is 0 Å². The van der Waals surface area contributed by atoms with Crippen molar-refractivity contribution in [1.82, 2.24) is 9.80 Å². The van der Waals surface area contributed by atoms with Crippen LogP contribution in [-0.2, 0) is 4.74 Å². The molecule has 4 heterocycles. The second-order valence-corrected chi connectivity index (χ2v) is 22.5. The molecule has 4 nitrogen and oxygen atoms in total. The molecule has 1 aromatic rings. The summed E-state index contributed by atoms with van der Waals surface area (Å²) in [6.07, 6.45) is 18.9. The first-order valence-electron chi connectivity index (χ1n) is 22.7. The topological polar surface area (TPSA) is 28.1 Å². The molecule has 11 rings (SSSR count). The molecule has 1 aromatic carbocycles. The summed E-state index contributed by atoms with van der Waals surface area (Å²) in [5.41, 5.74) is 7.36. The quantitative estimate of drug-likeness (QED) is 0.273. The summed E-state index contributed by atoms with van der Waals surface area (Å²) >= 11 is 0. The van der Waals surface area contributed by atoms with Gasteiger partial charge >= 0.3 is 0 Å². The Morgan fingerprint density at radius 3 is 2.19 bits per heavy atom. The highest BCUT2D eigenvalue weighted by molar-refractivity contribution is 6.77. The number of ether oxygens (including phenoxy) is 1. The fourth-order valence-corrected chi connectivity index (χ4v) is 17.6. The summed E-state index contributed by atoms with van der Waals surface area (Å²) in [5, 5.41) is 0. The summed E-state index contributed by atoms with van der Waals surface area (Å²) in [6.45, 7) is 23.7. The molecule has 0 aromatic heterocycles. The second-order valence-electron chi connectivity index (χ2n) is 22.5. The van der Waals surface area contributed by atoms with Crippen LogP contribution in [-0.4, -0.2) is 64.9 Å². The number of hydrogen-bond donors (Lipinski definition) is 0. The molecular weight excluding hydrogens is 633 g/mol. The molecule has 15 unspecified atom stereocenters. The van der Waals surface area contributed by atoms with Gasteiger partial charge in [-0.25, -0.2) is 4.99 Å². The Morgan fingerprint density at radius 2 is 1.42 bits per heavy atom. The van der Waals surface area contributed by atoms with Gasteiger partial charge in [0, 0.05) is 24.0 Å². The maximum atomic E-state index is 7.19. The van der Waals surface area contributed by atoms with Gasteiger partial charge in [0.25, 0.3) is 0 Å². The van der Waals surface area contributed by atoms with Gasteiger partial charge < -0.3 is 14.5 Å². The third-order valence-corrected chi connectivity index (χ3v) is 20.5. The van der Waals surface area contributed by atoms with E-state index >= 15 is 0 Å². The van der Waals surface area contributed by atoms with E-state index in [9.17, 15) is 0 Å². The monoisotopic (exact) mass is 704 g/mol. The van der Waals surface area contributed by atoms with E-state index in [1.54, 1.807) is 16.6 Å². The van der Waals surface area contributed by atoms with Crippen LogP contribution < -0.4 is 5.46 Å². The van der Waals surface area contributed by atoms with E-state index in [4.69, 9.17) is 9.73 Å². The van der Waals surface area contributed by atoms with Crippen molar-refractivity contribution in [1.29, 1.82) is 0 Å². The lowest BCUT2D eigenvalue weighted by atomic mass is 9.21. The SMILES string of the molecule is Cc1cc(C)c(B2C3CCC4CCCC5C4C3N(C3=NC4CC6C(CC4N35)C(C)(C)C(C)(C)C6(C)C)C3CCC4OC5CCCCC5C4C23)c(C)c1. The largest absolute Gasteiger partial charge is 0.374 e. The molecule has 0 amide bonds. The molecular formula is C47H70BN3O. The van der Waals surface area contributed by atoms with Gasteiger partial charge in [-0.05, 0) is 130 Å². The van der Waals surface area contributed by atoms with E-state index in [0.29, 0.717) is 77.1 Å². The highest BCUT2D eigenvalue weighted by atomic mass is 16.5. The first kappa shape index (κ1) is 33.8. The van der Waals surface area contributed by atoms with Crippen molar-refractivity contribution in [2.45, 2.75) is 200 Å². The number of aryl methyl sites for hydroxylation is 3. The molecule has 0 spiro atoms. The summed E-state index contributed by atoms with van der Waals surface area (Å²) in [6, 6.07) is 8.14. The molecule has 10 aliphatic rings. The Labute approximate surface area is 317 Å². The molecule has 15 atom stereocenters. The fourth-order valence-electron chi connectivity index (χ4n) is 17.6. The van der Waals surface area contributed by atoms with Crippen molar-refractivity contribution in [3.05, 3.63) is 28.8 Å². The van der Waals surface area contributed by atoms with E-state index in [2.05, 4.69) is 84.2 Å². The third kappa shape index (κ3) is 4.10. The predicted octanol–water partition coefficient (Wildman–Crippen LogP) is 9.59. The number of rotatable bonds is 1. The van der Waals surface area contributed by atoms with Crippen LogP contribution in [0.25, 0.3) is 0 Å². The van der Waals surface area contributed by atoms with E-state index in [1.165, 1.54) is 95.0 Å². The van der Waals surface area contributed by atoms with E-state index in [1.807, 2.05) is 0 Å². The first-order valence-corrected chi connectivity index (χ1v) is 22.7. The molecule has 0 bridgehead atoms. The van der Waals surface area contributed by atoms with Gasteiger partial charge in [0.2, 0.25) is 0 Å². The van der Waals surface area contributed by atoms with Gasteiger partial charge in [-0.15, -0.1) is 0 Å². The highest BCUT2D eigenvalue weighted by Gasteiger charge is 2.71. The van der Waals surface area contributed by atoms with Gasteiger partial charge in [-0.1, -0.05) is 108 Å². The van der Waals surface area contributed by atoms with E-state index < -0.39 is 0 Å². The molecule has 4 aliphatic heterocycles. The van der Waals surface area contributed by atoms with Crippen molar-refractivity contribution < 1.29 is 4.74 Å². The Hall–Kier alpha value is -1.49. The second kappa shape index (κ2) is 11.1. The van der Waals surface area contributed by atoms with Crippen LogP contribution in [0, 0.1) is 72.5 Å². The number of guanidine groups is 1. The summed E-state index contributed by atoms with van der Waals surface area (Å²) < 4.78 is 7.19. The zero-order chi connectivity index (χ0) is 35.8. The average Bonchev–Trinajstić information content (AvgIpc) is 3.70. The minimum atomic E-state index is 0.320. The fraction of sp³-hybridized carbons (Fsp3) is 0.851. The van der Waals surface area contributed by atoms with Crippen LogP contribution in [0.15, 0.2) is 17.1 Å². The number of benzene rings is 1. The Morgan fingerprint density at radius 1 is 0.692 bits per heavy atom. The molecule has 0 radical (unpaired) electrons. The van der Waals surface area contributed by atoms with Crippen LogP contribution in [0.2, 0.25) is 11.6 Å². The van der Waals surface area contributed by atoms with Gasteiger partial charge in [-0.3, -0.25) is 0 Å². The number of aliphatic imine (C=N–C) groups is 1. The highest BCUT2D eigenvalue weighted by Crippen LogP contribution is 2.72. The smallest absolute Gasteiger partial charge is 0.198 e. The lowest BCUT2D eigenvalue weighted by Crippen LogP contribution is -2.77. The van der Waals surface area contributed by atoms with Crippen molar-refractivity contribution in [2.75, 3.05) is 0 Å². The maximum Gasteiger partial charge on any atom is 0.198 e. The minimum absolute atomic E-state index is 0.320. The number of nitrogens with zero attached hydrogens (tertiary/aromatic N) is 3. The maximum absolute atomic E-state index is 7.19. The van der Waals surface area contributed by atoms with Crippen LogP contribution in [0.4, 0.5) is 0 Å². The Kier molecular flexibility index (Phi) is 7.21. The van der Waals surface area contributed by atoms with Crippen LogP contribution in [0.1, 0.15) is 142 Å². The zero-order valence-corrected chi connectivity index (χ0v) is 34.3. The van der Waals surface area contributed by atoms with Crippen LogP contribution >= 0.6 is 0 Å². The Balaban J connectivity index is 1.07. The van der Waals surface area contributed by atoms with E-state index in [0.717, 1.165) is 35.4 Å². The number of hydrogen-bond acceptors (Lipinski definition) is 4. The van der Waals surface area contributed by atoms with Gasteiger partial charge in [0.15, 0.2) is 12.7 Å². The molecule has 9 fully saturated rings. The molecule has 3 saturated heterocycles. The Bertz CT molecular complexity index is 1660. The third-order valence-electron chi connectivity index (χ3n) is 20.5. The molecule has 52 heavy (non-hydrogen) atoms. The summed E-state index contributed by atoms with van der Waals surface area (Å²) in [4.78, 5) is 12.5. The summed E-state index contributed by atoms with van der Waals surface area (Å²) in [5.74, 6) is 7.64. The molecule has 0 N–H and O–H groups in total. The van der Waals surface area contributed by atoms with Gasteiger partial charge in [0.05, 0.1) is 24.3 Å². The van der Waals surface area contributed by atoms with Gasteiger partial charge in [0.1, 0.15) is 0 Å². The zero-order valence-electron chi connectivity index (χ0n) is 34.3. The average molecular weight is 704 g/mol. The summed E-state index contributed by atoms with van der Waals surface area (Å²) in [7, 11) is 0. The van der Waals surface area contributed by atoms with Crippen LogP contribution in [0.3, 0.4) is 0 Å². The normalized spacial score (nSPS) is 48.4. The standard InChI is InChI=1S/C47H70BN3O/c1-25-21-26(2)41(27(3)22-25)48-32-18-17-28-13-12-15-34-39(28)43(32)51(35-19-20-38-40(42(35)48)29-14-10-11-16-37(29)52-38)44-49-33-23-30-31(24-36(33)50(34)44)46(6,7)47(8,9)45(30,4)5/h21-22,28-40,42-43H,10-20,23-24H2,1-9H3. The van der Waals surface area contributed by atoms with Crippen LogP contribution in [0.5, 0.6) is 0 Å². The molecule has 5 heteroatoms. The van der Waals surface area contributed by atoms with E-state index in [-0.39, 0.29) is 0 Å². The number of fused-ring (bicyclic) bond motifs is 12. The molecule has 282 valence electrons. The minimum Gasteiger partial charge on any atom is -0.374 e. The van der Waals surface area contributed by atoms with Crippen molar-refractivity contribution in [3.8, 4) is 0 Å². The van der Waals surface area contributed by atoms with Crippen molar-refractivity contribution in [3.63, 3.8) is 0 Å². The van der Waals surface area contributed by atoms with Crippen molar-refractivity contribution in [2.24, 2.45) is 56.7 Å². The lowest BCUT2D eigenvalue weighted by molar-refractivity contribution is -0.0725. The molecule has 6 saturated carbocycles. The predicted molar refractivity (Wildman–Crippen MR) is 215 cm³/mol. The molecule has 6 aliphatic carbocycles.